The number of ether oxygens (including phenoxy) is 3. The first-order chi connectivity index (χ1) is 21.8. The Morgan fingerprint density at radius 3 is 2.58 bits per heavy atom. The lowest BCUT2D eigenvalue weighted by molar-refractivity contribution is -0.130. The molecule has 45 heavy (non-hydrogen) atoms. The summed E-state index contributed by atoms with van der Waals surface area (Å²) in [7, 11) is 3.25. The average Bonchev–Trinajstić information content (AvgIpc) is 3.72. The molecule has 0 spiro atoms. The normalized spacial score (nSPS) is 16.7. The van der Waals surface area contributed by atoms with Crippen molar-refractivity contribution in [2.75, 3.05) is 40.5 Å². The van der Waals surface area contributed by atoms with E-state index in [0.29, 0.717) is 50.8 Å². The maximum absolute atomic E-state index is 13.4. The van der Waals surface area contributed by atoms with Gasteiger partial charge in [-0.15, -0.1) is 0 Å². The fraction of sp³-hybridized carbons (Fsp3) is 0.394. The number of fused-ring (bicyclic) bond motifs is 4. The number of hydrogen-bond acceptors (Lipinski definition) is 8. The van der Waals surface area contributed by atoms with Gasteiger partial charge in [0.25, 0.3) is 0 Å². The van der Waals surface area contributed by atoms with Crippen molar-refractivity contribution >= 4 is 11.8 Å². The summed E-state index contributed by atoms with van der Waals surface area (Å²) in [4.78, 5) is 33.2. The molecule has 5 rings (SSSR count). The number of nitrogens with zero attached hydrogens (tertiary/aromatic N) is 5. The van der Waals surface area contributed by atoms with E-state index in [1.807, 2.05) is 76.8 Å². The molecule has 12 nitrogen and oxygen atoms in total. The van der Waals surface area contributed by atoms with E-state index in [0.717, 1.165) is 28.3 Å². The molecular formula is C33H41N7O5. The molecule has 4 aromatic rings. The fourth-order valence-electron chi connectivity index (χ4n) is 5.42. The van der Waals surface area contributed by atoms with Crippen LogP contribution in [-0.2, 0) is 29.2 Å². The summed E-state index contributed by atoms with van der Waals surface area (Å²) < 4.78 is 21.3. The first kappa shape index (κ1) is 31.6. The molecule has 1 aliphatic heterocycles. The molecule has 2 aromatic carbocycles. The monoisotopic (exact) mass is 615 g/mol. The lowest BCUT2D eigenvalue weighted by Gasteiger charge is -2.26. The first-order valence-electron chi connectivity index (χ1n) is 15.1. The Hall–Kier alpha value is -4.84. The quantitative estimate of drug-likeness (QED) is 0.325. The van der Waals surface area contributed by atoms with Gasteiger partial charge in [0.05, 0.1) is 27.3 Å². The van der Waals surface area contributed by atoms with E-state index >= 15 is 0 Å². The van der Waals surface area contributed by atoms with Gasteiger partial charge < -0.3 is 29.4 Å². The summed E-state index contributed by atoms with van der Waals surface area (Å²) in [6.45, 7) is 6.57. The molecular weight excluding hydrogens is 574 g/mol. The topological polar surface area (TPSA) is 125 Å². The van der Waals surface area contributed by atoms with Crippen molar-refractivity contribution in [3.05, 3.63) is 78.4 Å². The van der Waals surface area contributed by atoms with Crippen LogP contribution in [0.4, 0.5) is 0 Å². The van der Waals surface area contributed by atoms with Crippen LogP contribution in [0.1, 0.15) is 25.0 Å². The molecule has 0 saturated carbocycles. The van der Waals surface area contributed by atoms with E-state index in [1.54, 1.807) is 26.6 Å². The average molecular weight is 616 g/mol. The highest BCUT2D eigenvalue weighted by Gasteiger charge is 2.25. The van der Waals surface area contributed by atoms with Crippen molar-refractivity contribution in [1.29, 1.82) is 0 Å². The van der Waals surface area contributed by atoms with Crippen molar-refractivity contribution in [1.82, 2.24) is 34.9 Å². The second-order valence-electron chi connectivity index (χ2n) is 11.3. The maximum atomic E-state index is 13.4. The smallest absolute Gasteiger partial charge is 0.242 e. The molecule has 0 aliphatic carbocycles. The standard InChI is InChI=1S/C33H41N7O5/c1-23(2)31-33(42)35-12-15-39-14-11-34-32(39)25-7-9-28(44-4)29(19-25)45-17-16-38(22-30(41)37-31)20-24-6-8-27(43-3)26(18-24)21-40-13-5-10-36-40/h5-11,13-14,18-19,23,31H,12,15-17,20-22H2,1-4H3,(H,35,42)(H,37,41)/t31-/m1/s1. The van der Waals surface area contributed by atoms with Gasteiger partial charge in [-0.25, -0.2) is 4.98 Å². The van der Waals surface area contributed by atoms with Gasteiger partial charge in [0.15, 0.2) is 11.5 Å². The Labute approximate surface area is 263 Å². The third-order valence-corrected chi connectivity index (χ3v) is 7.73. The third-order valence-electron chi connectivity index (χ3n) is 7.73. The second-order valence-corrected chi connectivity index (χ2v) is 11.3. The van der Waals surface area contributed by atoms with E-state index in [-0.39, 0.29) is 24.3 Å². The van der Waals surface area contributed by atoms with Crippen molar-refractivity contribution in [2.45, 2.75) is 39.5 Å². The number of aromatic nitrogens is 4. The highest BCUT2D eigenvalue weighted by Crippen LogP contribution is 2.32. The van der Waals surface area contributed by atoms with Gasteiger partial charge >= 0.3 is 0 Å². The Bertz CT molecular complexity index is 1580. The molecule has 2 amide bonds. The number of methoxy groups -OCH3 is 2. The van der Waals surface area contributed by atoms with Crippen LogP contribution in [0.15, 0.2) is 67.3 Å². The first-order valence-corrected chi connectivity index (χ1v) is 15.1. The summed E-state index contributed by atoms with van der Waals surface area (Å²) >= 11 is 0. The van der Waals surface area contributed by atoms with Crippen LogP contribution >= 0.6 is 0 Å². The molecule has 1 aliphatic rings. The van der Waals surface area contributed by atoms with Crippen molar-refractivity contribution in [2.24, 2.45) is 5.92 Å². The second kappa shape index (κ2) is 14.8. The number of imidazole rings is 1. The number of benzene rings is 2. The molecule has 0 fully saturated rings. The Morgan fingerprint density at radius 2 is 1.82 bits per heavy atom. The van der Waals surface area contributed by atoms with Gasteiger partial charge in [0.1, 0.15) is 24.2 Å². The van der Waals surface area contributed by atoms with Crippen molar-refractivity contribution in [3.8, 4) is 28.6 Å². The SMILES string of the molecule is COc1ccc(CN2CCOc3cc(ccc3OC)-c3nccn3CCNC(=O)[C@@H](C(C)C)NC(=O)C2)cc1Cn1cccn1. The zero-order chi connectivity index (χ0) is 31.8. The minimum absolute atomic E-state index is 0.0763. The van der Waals surface area contributed by atoms with Gasteiger partial charge in [-0.05, 0) is 47.9 Å². The van der Waals surface area contributed by atoms with E-state index in [4.69, 9.17) is 14.2 Å². The number of carbonyl (C=O) groups is 2. The lowest BCUT2D eigenvalue weighted by Crippen LogP contribution is -2.52. The summed E-state index contributed by atoms with van der Waals surface area (Å²) in [5, 5.41) is 10.3. The van der Waals surface area contributed by atoms with Crippen LogP contribution < -0.4 is 24.8 Å². The summed E-state index contributed by atoms with van der Waals surface area (Å²) in [5.41, 5.74) is 2.84. The van der Waals surface area contributed by atoms with Crippen LogP contribution in [0, 0.1) is 5.92 Å². The molecule has 0 unspecified atom stereocenters. The van der Waals surface area contributed by atoms with Crippen LogP contribution in [-0.4, -0.2) is 82.5 Å². The van der Waals surface area contributed by atoms with Gasteiger partial charge in [-0.2, -0.15) is 5.10 Å². The predicted octanol–water partition coefficient (Wildman–Crippen LogP) is 2.96. The number of hydrogen-bond donors (Lipinski definition) is 2. The molecule has 2 aromatic heterocycles. The van der Waals surface area contributed by atoms with Crippen molar-refractivity contribution < 1.29 is 23.8 Å². The molecule has 2 N–H and O–H groups in total. The lowest BCUT2D eigenvalue weighted by atomic mass is 10.0. The van der Waals surface area contributed by atoms with Crippen LogP contribution in [0.25, 0.3) is 11.4 Å². The maximum Gasteiger partial charge on any atom is 0.242 e. The molecule has 3 heterocycles. The Kier molecular flexibility index (Phi) is 10.4. The van der Waals surface area contributed by atoms with Crippen molar-refractivity contribution in [3.63, 3.8) is 0 Å². The molecule has 0 radical (unpaired) electrons. The molecule has 0 saturated heterocycles. The van der Waals surface area contributed by atoms with Gasteiger partial charge in [0.2, 0.25) is 11.8 Å². The van der Waals surface area contributed by atoms with E-state index in [9.17, 15) is 9.59 Å². The van der Waals surface area contributed by atoms with Gasteiger partial charge in [-0.3, -0.25) is 19.2 Å². The number of nitrogens with one attached hydrogen (secondary N) is 2. The molecule has 12 heteroatoms. The highest BCUT2D eigenvalue weighted by atomic mass is 16.5. The third kappa shape index (κ3) is 8.01. The summed E-state index contributed by atoms with van der Waals surface area (Å²) in [6.07, 6.45) is 7.25. The zero-order valence-corrected chi connectivity index (χ0v) is 26.2. The summed E-state index contributed by atoms with van der Waals surface area (Å²) in [5.74, 6) is 2.14. The van der Waals surface area contributed by atoms with Crippen LogP contribution in [0.3, 0.4) is 0 Å². The van der Waals surface area contributed by atoms with Gasteiger partial charge in [0, 0.05) is 62.1 Å². The molecule has 238 valence electrons. The van der Waals surface area contributed by atoms with E-state index in [2.05, 4.69) is 26.8 Å². The van der Waals surface area contributed by atoms with E-state index < -0.39 is 6.04 Å². The van der Waals surface area contributed by atoms with E-state index in [1.165, 1.54) is 0 Å². The van der Waals surface area contributed by atoms with Gasteiger partial charge in [-0.1, -0.05) is 19.9 Å². The van der Waals surface area contributed by atoms with Crippen LogP contribution in [0.5, 0.6) is 17.2 Å². The largest absolute Gasteiger partial charge is 0.496 e. The summed E-state index contributed by atoms with van der Waals surface area (Å²) in [6, 6.07) is 12.9. The predicted molar refractivity (Wildman–Crippen MR) is 169 cm³/mol. The molecule has 2 bridgehead atoms. The number of amides is 2. The fourth-order valence-corrected chi connectivity index (χ4v) is 5.42. The molecule has 1 atom stereocenters. The zero-order valence-electron chi connectivity index (χ0n) is 26.2. The minimum Gasteiger partial charge on any atom is -0.496 e. The minimum atomic E-state index is -0.672. The Balaban J connectivity index is 1.42. The number of carbonyl (C=O) groups excluding carboxylic acids is 2. The number of rotatable bonds is 7. The Morgan fingerprint density at radius 1 is 1.00 bits per heavy atom. The van der Waals surface area contributed by atoms with Crippen LogP contribution in [0.2, 0.25) is 0 Å². The highest BCUT2D eigenvalue weighted by molar-refractivity contribution is 5.88.